The third kappa shape index (κ3) is 8.70. The molecule has 0 aliphatic heterocycles. The van der Waals surface area contributed by atoms with E-state index in [4.69, 9.17) is 8.83 Å². The van der Waals surface area contributed by atoms with Crippen molar-refractivity contribution in [3.8, 4) is 89.0 Å². The summed E-state index contributed by atoms with van der Waals surface area (Å²) in [5, 5.41) is 8.90. The molecule has 0 spiro atoms. The van der Waals surface area contributed by atoms with E-state index in [9.17, 15) is 0 Å². The van der Waals surface area contributed by atoms with E-state index in [1.807, 2.05) is 0 Å². The van der Waals surface area contributed by atoms with Gasteiger partial charge in [-0.05, 0) is 160 Å². The summed E-state index contributed by atoms with van der Waals surface area (Å²) in [6.07, 6.45) is 0. The molecule has 2 heterocycles. The van der Waals surface area contributed by atoms with E-state index < -0.39 is 0 Å². The van der Waals surface area contributed by atoms with Gasteiger partial charge >= 0.3 is 0 Å². The van der Waals surface area contributed by atoms with Crippen LogP contribution in [0, 0.1) is 0 Å². The number of hydrogen-bond donors (Lipinski definition) is 0. The summed E-state index contributed by atoms with van der Waals surface area (Å²) in [5.74, 6) is 0. The van der Waals surface area contributed by atoms with Gasteiger partial charge in [0.1, 0.15) is 11.2 Å². The van der Waals surface area contributed by atoms with Crippen molar-refractivity contribution in [3.05, 3.63) is 352 Å². The van der Waals surface area contributed by atoms with Crippen LogP contribution in [0.2, 0.25) is 0 Å². The van der Waals surface area contributed by atoms with Crippen LogP contribution in [-0.4, -0.2) is 0 Å². The van der Waals surface area contributed by atoms with Crippen molar-refractivity contribution in [3.63, 3.8) is 0 Å². The highest BCUT2D eigenvalue weighted by molar-refractivity contribution is 6.34. The standard InChI is InChI=1S/C92H58N2O2/c1-9-29-59(30-10-1)69-45-25-47-73-75-49-27-51-79(91(75)95-89(69)73)93(65-41-21-7-22-42-65)67-53-55-71-77(57-67)83(63-37-17-5-18-38-63)87-85(81(71)61-33-13-3-14-34-61)88-84(64-39-19-6-20-40-64)78-58-68(54-56-72(78)82(86(87)88)62-35-15-4-16-36-62)94(66-43-23-8-24-44-66)80-52-28-50-76-74-48-26-46-70(90(74)96-92(76)80)60-31-11-2-12-32-60/h1-58H. The fourth-order valence-electron chi connectivity index (χ4n) is 15.4. The monoisotopic (exact) mass is 1220 g/mol. The maximum atomic E-state index is 7.23. The zero-order valence-electron chi connectivity index (χ0n) is 52.2. The van der Waals surface area contributed by atoms with E-state index in [1.165, 1.54) is 44.5 Å². The summed E-state index contributed by atoms with van der Waals surface area (Å²) in [6.45, 7) is 0. The van der Waals surface area contributed by atoms with Crippen LogP contribution in [0.4, 0.5) is 34.1 Å². The van der Waals surface area contributed by atoms with Gasteiger partial charge < -0.3 is 18.6 Å². The van der Waals surface area contributed by atoms with Gasteiger partial charge in [0.15, 0.2) is 11.2 Å². The van der Waals surface area contributed by atoms with E-state index in [-0.39, 0.29) is 0 Å². The predicted octanol–water partition coefficient (Wildman–Crippen LogP) is 26.4. The molecule has 4 nitrogen and oxygen atoms in total. The van der Waals surface area contributed by atoms with Crippen LogP contribution in [0.3, 0.4) is 0 Å². The minimum Gasteiger partial charge on any atom is -0.453 e. The Morgan fingerprint density at radius 1 is 0.167 bits per heavy atom. The first kappa shape index (κ1) is 54.9. The van der Waals surface area contributed by atoms with Gasteiger partial charge in [-0.15, -0.1) is 0 Å². The Morgan fingerprint density at radius 2 is 0.438 bits per heavy atom. The second kappa shape index (κ2) is 22.5. The molecule has 0 N–H and O–H groups in total. The Labute approximate surface area is 555 Å². The van der Waals surface area contributed by atoms with Crippen LogP contribution < -0.4 is 9.80 Å². The molecule has 16 aromatic carbocycles. The number of furan rings is 2. The summed E-state index contributed by atoms with van der Waals surface area (Å²) in [6, 6.07) is 127. The summed E-state index contributed by atoms with van der Waals surface area (Å²) < 4.78 is 14.5. The van der Waals surface area contributed by atoms with E-state index in [0.717, 1.165) is 144 Å². The Bertz CT molecular complexity index is 5640. The molecule has 1 aliphatic rings. The molecule has 1 aliphatic carbocycles. The van der Waals surface area contributed by atoms with Gasteiger partial charge in [-0.3, -0.25) is 0 Å². The molecule has 0 saturated heterocycles. The van der Waals surface area contributed by atoms with Crippen molar-refractivity contribution in [1.82, 2.24) is 0 Å². The van der Waals surface area contributed by atoms with Crippen molar-refractivity contribution in [2.45, 2.75) is 0 Å². The average Bonchev–Trinajstić information content (AvgIpc) is 0.797. The smallest absolute Gasteiger partial charge is 0.159 e. The predicted molar refractivity (Wildman–Crippen MR) is 402 cm³/mol. The molecule has 4 heteroatoms. The lowest BCUT2D eigenvalue weighted by molar-refractivity contribution is 0.670. The molecule has 0 fully saturated rings. The van der Waals surface area contributed by atoms with Crippen LogP contribution in [-0.2, 0) is 0 Å². The first-order valence-corrected chi connectivity index (χ1v) is 32.9. The lowest BCUT2D eigenvalue weighted by Gasteiger charge is -2.37. The van der Waals surface area contributed by atoms with E-state index in [2.05, 4.69) is 362 Å². The Morgan fingerprint density at radius 3 is 0.760 bits per heavy atom. The SMILES string of the molecule is c1ccc(-c2c3c(c(-c4ccccc4)c4cc(N(c5ccccc5)c5cccc6c5oc5c(-c7ccccc7)cccc56)ccc24)-c2c-3c(-c3ccccc3)c3cc(N(c4ccccc4)c4cccc5c4oc4c(-c6ccccc6)cccc45)ccc3c2-c2ccccc2)cc1. The fourth-order valence-corrected chi connectivity index (χ4v) is 15.4. The van der Waals surface area contributed by atoms with Gasteiger partial charge in [-0.1, -0.05) is 291 Å². The maximum Gasteiger partial charge on any atom is 0.159 e. The zero-order valence-corrected chi connectivity index (χ0v) is 52.2. The van der Waals surface area contributed by atoms with Crippen molar-refractivity contribution in [2.24, 2.45) is 0 Å². The zero-order chi connectivity index (χ0) is 63.2. The summed E-state index contributed by atoms with van der Waals surface area (Å²) in [4.78, 5) is 4.78. The van der Waals surface area contributed by atoms with Crippen molar-refractivity contribution in [1.29, 1.82) is 0 Å². The van der Waals surface area contributed by atoms with Crippen LogP contribution in [0.5, 0.6) is 0 Å². The van der Waals surface area contributed by atoms with E-state index in [1.54, 1.807) is 0 Å². The Kier molecular flexibility index (Phi) is 12.9. The van der Waals surface area contributed by atoms with Crippen molar-refractivity contribution in [2.75, 3.05) is 9.80 Å². The summed E-state index contributed by atoms with van der Waals surface area (Å²) in [7, 11) is 0. The molecule has 2 aromatic heterocycles. The topological polar surface area (TPSA) is 32.8 Å². The Hall–Kier alpha value is -12.8. The van der Waals surface area contributed by atoms with Crippen molar-refractivity contribution < 1.29 is 8.83 Å². The molecule has 0 bridgehead atoms. The fraction of sp³-hybridized carbons (Fsp3) is 0. The molecular weight excluding hydrogens is 1170 g/mol. The number of benzene rings is 16. The number of para-hydroxylation sites is 6. The lowest BCUT2D eigenvalue weighted by Crippen LogP contribution is -2.12. The molecule has 18 aromatic rings. The van der Waals surface area contributed by atoms with Crippen LogP contribution >= 0.6 is 0 Å². The van der Waals surface area contributed by atoms with Gasteiger partial charge in [0.2, 0.25) is 0 Å². The largest absolute Gasteiger partial charge is 0.453 e. The minimum atomic E-state index is 0.825. The minimum absolute atomic E-state index is 0.825. The molecule has 0 amide bonds. The number of fused-ring (bicyclic) bond motifs is 12. The normalized spacial score (nSPS) is 11.8. The van der Waals surface area contributed by atoms with Gasteiger partial charge in [-0.2, -0.15) is 0 Å². The van der Waals surface area contributed by atoms with Crippen molar-refractivity contribution >= 4 is 99.5 Å². The lowest BCUT2D eigenvalue weighted by atomic mass is 9.65. The first-order chi connectivity index (χ1) is 47.7. The second-order valence-electron chi connectivity index (χ2n) is 24.9. The third-order valence-electron chi connectivity index (χ3n) is 19.5. The van der Waals surface area contributed by atoms with Crippen LogP contribution in [0.1, 0.15) is 0 Å². The maximum absolute atomic E-state index is 7.23. The molecule has 0 atom stereocenters. The molecule has 19 rings (SSSR count). The van der Waals surface area contributed by atoms with Gasteiger partial charge in [0.25, 0.3) is 0 Å². The number of hydrogen-bond acceptors (Lipinski definition) is 4. The second-order valence-corrected chi connectivity index (χ2v) is 24.9. The molecule has 0 radical (unpaired) electrons. The third-order valence-corrected chi connectivity index (χ3v) is 19.5. The van der Waals surface area contributed by atoms with E-state index >= 15 is 0 Å². The summed E-state index contributed by atoms with van der Waals surface area (Å²) >= 11 is 0. The number of nitrogens with zero attached hydrogens (tertiary/aromatic N) is 2. The highest BCUT2D eigenvalue weighted by Gasteiger charge is 2.39. The molecular formula is C92H58N2O2. The molecule has 0 saturated carbocycles. The number of anilines is 6. The van der Waals surface area contributed by atoms with Gasteiger partial charge in [0, 0.05) is 55.4 Å². The van der Waals surface area contributed by atoms with Crippen LogP contribution in [0.15, 0.2) is 361 Å². The average molecular weight is 1220 g/mol. The molecule has 0 unspecified atom stereocenters. The highest BCUT2D eigenvalue weighted by atomic mass is 16.3. The molecule has 448 valence electrons. The number of rotatable bonds is 12. The quantitative estimate of drug-likeness (QED) is 0.122. The highest BCUT2D eigenvalue weighted by Crippen LogP contribution is 2.66. The summed E-state index contributed by atoms with van der Waals surface area (Å²) in [5.41, 5.74) is 28.0. The first-order valence-electron chi connectivity index (χ1n) is 32.9. The van der Waals surface area contributed by atoms with Gasteiger partial charge in [0.05, 0.1) is 11.4 Å². The molecule has 96 heavy (non-hydrogen) atoms. The van der Waals surface area contributed by atoms with Gasteiger partial charge in [-0.25, -0.2) is 0 Å². The van der Waals surface area contributed by atoms with Crippen LogP contribution in [0.25, 0.3) is 154 Å². The van der Waals surface area contributed by atoms with E-state index in [0.29, 0.717) is 0 Å². The Balaban J connectivity index is 0.899.